The number of ether oxygens (including phenoxy) is 1. The molecule has 5 heteroatoms. The highest BCUT2D eigenvalue weighted by Gasteiger charge is 2.20. The van der Waals surface area contributed by atoms with Gasteiger partial charge in [-0.2, -0.15) is 0 Å². The Morgan fingerprint density at radius 1 is 0.917 bits per heavy atom. The fourth-order valence-electron chi connectivity index (χ4n) is 4.26. The second-order valence-electron chi connectivity index (χ2n) is 9.63. The average Bonchev–Trinajstić information content (AvgIpc) is 2.87. The normalized spacial score (nSPS) is 11.8. The van der Waals surface area contributed by atoms with Crippen LogP contribution in [-0.2, 0) is 24.2 Å². The Hall–Kier alpha value is -3.60. The zero-order valence-electron chi connectivity index (χ0n) is 21.5. The van der Waals surface area contributed by atoms with Crippen molar-refractivity contribution in [2.24, 2.45) is 5.92 Å². The minimum absolute atomic E-state index is 0.0333. The molecule has 3 rings (SSSR count). The lowest BCUT2D eigenvalue weighted by Gasteiger charge is -2.22. The second kappa shape index (κ2) is 13.5. The van der Waals surface area contributed by atoms with Crippen molar-refractivity contribution in [3.05, 3.63) is 101 Å². The zero-order chi connectivity index (χ0) is 25.9. The number of carboxylic acid groups (broad SMARTS) is 1. The molecule has 1 unspecified atom stereocenters. The molecule has 0 saturated carbocycles. The van der Waals surface area contributed by atoms with Gasteiger partial charge in [-0.1, -0.05) is 81.8 Å². The van der Waals surface area contributed by atoms with Gasteiger partial charge in [-0.25, -0.2) is 0 Å². The summed E-state index contributed by atoms with van der Waals surface area (Å²) in [7, 11) is 0. The van der Waals surface area contributed by atoms with E-state index in [1.54, 1.807) is 0 Å². The smallest absolute Gasteiger partial charge is 0.303 e. The third-order valence-corrected chi connectivity index (χ3v) is 6.11. The third kappa shape index (κ3) is 8.26. The van der Waals surface area contributed by atoms with Gasteiger partial charge in [0, 0.05) is 12.0 Å². The first kappa shape index (κ1) is 27.0. The molecule has 3 aromatic carbocycles. The van der Waals surface area contributed by atoms with Crippen LogP contribution in [0.25, 0.3) is 0 Å². The molecule has 0 bridgehead atoms. The number of amides is 1. The van der Waals surface area contributed by atoms with Crippen molar-refractivity contribution in [3.8, 4) is 5.75 Å². The number of carbonyl (C=O) groups is 2. The monoisotopic (exact) mass is 487 g/mol. The van der Waals surface area contributed by atoms with E-state index < -0.39 is 5.97 Å². The molecule has 1 atom stereocenters. The molecule has 3 aromatic rings. The van der Waals surface area contributed by atoms with E-state index in [-0.39, 0.29) is 18.4 Å². The first-order chi connectivity index (χ1) is 17.4. The molecule has 0 radical (unpaired) electrons. The lowest BCUT2D eigenvalue weighted by molar-refractivity contribution is -0.136. The number of hydrogen-bond acceptors (Lipinski definition) is 3. The summed E-state index contributed by atoms with van der Waals surface area (Å²) >= 11 is 0. The molecule has 0 spiro atoms. The van der Waals surface area contributed by atoms with E-state index in [0.29, 0.717) is 24.5 Å². The van der Waals surface area contributed by atoms with Crippen LogP contribution in [0.4, 0.5) is 0 Å². The lowest BCUT2D eigenvalue weighted by Crippen LogP contribution is -2.30. The highest BCUT2D eigenvalue weighted by Crippen LogP contribution is 2.24. The molecule has 190 valence electrons. The van der Waals surface area contributed by atoms with E-state index in [2.05, 4.69) is 50.4 Å². The Kier molecular flexibility index (Phi) is 10.1. The van der Waals surface area contributed by atoms with Gasteiger partial charge in [0.05, 0.1) is 6.04 Å². The Morgan fingerprint density at radius 3 is 2.25 bits per heavy atom. The molecular formula is C31H37NO4. The van der Waals surface area contributed by atoms with Crippen LogP contribution in [-0.4, -0.2) is 17.0 Å². The maximum Gasteiger partial charge on any atom is 0.303 e. The van der Waals surface area contributed by atoms with Crippen molar-refractivity contribution in [1.82, 2.24) is 5.32 Å². The lowest BCUT2D eigenvalue weighted by atomic mass is 9.94. The minimum Gasteiger partial charge on any atom is -0.489 e. The number of aliphatic carboxylic acids is 1. The second-order valence-corrected chi connectivity index (χ2v) is 9.63. The summed E-state index contributed by atoms with van der Waals surface area (Å²) in [6.45, 7) is 6.77. The van der Waals surface area contributed by atoms with Gasteiger partial charge in [0.2, 0.25) is 0 Å². The predicted molar refractivity (Wildman–Crippen MR) is 143 cm³/mol. The summed E-state index contributed by atoms with van der Waals surface area (Å²) in [5.41, 5.74) is 4.44. The van der Waals surface area contributed by atoms with Crippen LogP contribution in [0.1, 0.15) is 78.7 Å². The van der Waals surface area contributed by atoms with Crippen LogP contribution < -0.4 is 10.1 Å². The summed E-state index contributed by atoms with van der Waals surface area (Å²) in [5, 5.41) is 12.4. The third-order valence-electron chi connectivity index (χ3n) is 6.11. The number of rotatable bonds is 13. The van der Waals surface area contributed by atoms with Crippen molar-refractivity contribution in [1.29, 1.82) is 0 Å². The summed E-state index contributed by atoms with van der Waals surface area (Å²) in [6, 6.07) is 23.4. The standard InChI is InChI=1S/C31H37NO4/c1-4-8-23-11-15-26(16-12-23)29(19-22(2)3)32-31(35)28-20-24(13-14-25(28)17-18-30(33)34)21-36-27-9-6-5-7-10-27/h5-7,9-16,20,22,29H,4,8,17-19,21H2,1-3H3,(H,32,35)(H,33,34). The SMILES string of the molecule is CCCc1ccc(C(CC(C)C)NC(=O)c2cc(COc3ccccc3)ccc2CCC(=O)O)cc1. The molecule has 0 heterocycles. The number of hydrogen-bond donors (Lipinski definition) is 2. The Bertz CT molecular complexity index is 1120. The van der Waals surface area contributed by atoms with Crippen LogP contribution in [0.2, 0.25) is 0 Å². The molecular weight excluding hydrogens is 450 g/mol. The van der Waals surface area contributed by atoms with Gasteiger partial charge in [-0.3, -0.25) is 9.59 Å². The summed E-state index contributed by atoms with van der Waals surface area (Å²) in [6.07, 6.45) is 3.19. The quantitative estimate of drug-likeness (QED) is 0.279. The zero-order valence-corrected chi connectivity index (χ0v) is 21.5. The largest absolute Gasteiger partial charge is 0.489 e. The fraction of sp³-hybridized carbons (Fsp3) is 0.355. The maximum absolute atomic E-state index is 13.6. The number of nitrogens with one attached hydrogen (secondary N) is 1. The highest BCUT2D eigenvalue weighted by atomic mass is 16.5. The molecule has 1 amide bonds. The first-order valence-corrected chi connectivity index (χ1v) is 12.8. The molecule has 5 nitrogen and oxygen atoms in total. The molecule has 0 saturated heterocycles. The van der Waals surface area contributed by atoms with Crippen LogP contribution >= 0.6 is 0 Å². The van der Waals surface area contributed by atoms with Crippen LogP contribution in [0.15, 0.2) is 72.8 Å². The fourth-order valence-corrected chi connectivity index (χ4v) is 4.26. The molecule has 2 N–H and O–H groups in total. The van der Waals surface area contributed by atoms with Crippen molar-refractivity contribution in [3.63, 3.8) is 0 Å². The van der Waals surface area contributed by atoms with Crippen LogP contribution in [0.3, 0.4) is 0 Å². The van der Waals surface area contributed by atoms with E-state index in [0.717, 1.165) is 41.7 Å². The maximum atomic E-state index is 13.6. The average molecular weight is 488 g/mol. The van der Waals surface area contributed by atoms with Gasteiger partial charge in [-0.15, -0.1) is 0 Å². The highest BCUT2D eigenvalue weighted by molar-refractivity contribution is 5.96. The van der Waals surface area contributed by atoms with Crippen molar-refractivity contribution < 1.29 is 19.4 Å². The summed E-state index contributed by atoms with van der Waals surface area (Å²) in [4.78, 5) is 24.8. The molecule has 36 heavy (non-hydrogen) atoms. The van der Waals surface area contributed by atoms with Crippen molar-refractivity contribution in [2.75, 3.05) is 0 Å². The summed E-state index contributed by atoms with van der Waals surface area (Å²) in [5.74, 6) is 0.0626. The van der Waals surface area contributed by atoms with E-state index in [1.807, 2.05) is 48.5 Å². The van der Waals surface area contributed by atoms with Gasteiger partial charge in [0.25, 0.3) is 5.91 Å². The number of para-hydroxylation sites is 1. The van der Waals surface area contributed by atoms with Gasteiger partial charge < -0.3 is 15.2 Å². The number of carbonyl (C=O) groups excluding carboxylic acids is 1. The Labute approximate surface area is 214 Å². The van der Waals surface area contributed by atoms with Gasteiger partial charge in [0.15, 0.2) is 0 Å². The number of aryl methyl sites for hydroxylation is 2. The van der Waals surface area contributed by atoms with Crippen molar-refractivity contribution >= 4 is 11.9 Å². The van der Waals surface area contributed by atoms with E-state index in [4.69, 9.17) is 4.74 Å². The number of carboxylic acids is 1. The molecule has 0 aliphatic carbocycles. The van der Waals surface area contributed by atoms with E-state index in [1.165, 1.54) is 5.56 Å². The van der Waals surface area contributed by atoms with Gasteiger partial charge >= 0.3 is 5.97 Å². The van der Waals surface area contributed by atoms with Crippen LogP contribution in [0, 0.1) is 5.92 Å². The number of benzene rings is 3. The molecule has 0 aromatic heterocycles. The first-order valence-electron chi connectivity index (χ1n) is 12.8. The Balaban J connectivity index is 1.84. The topological polar surface area (TPSA) is 75.6 Å². The summed E-state index contributed by atoms with van der Waals surface area (Å²) < 4.78 is 5.87. The molecule has 0 fully saturated rings. The van der Waals surface area contributed by atoms with Crippen LogP contribution in [0.5, 0.6) is 5.75 Å². The predicted octanol–water partition coefficient (Wildman–Crippen LogP) is 6.75. The van der Waals surface area contributed by atoms with Gasteiger partial charge in [0.1, 0.15) is 12.4 Å². The molecule has 0 aliphatic heterocycles. The van der Waals surface area contributed by atoms with E-state index in [9.17, 15) is 14.7 Å². The minimum atomic E-state index is -0.886. The van der Waals surface area contributed by atoms with Gasteiger partial charge in [-0.05, 0) is 65.6 Å². The van der Waals surface area contributed by atoms with Crippen molar-refractivity contribution in [2.45, 2.75) is 65.5 Å². The van der Waals surface area contributed by atoms with E-state index >= 15 is 0 Å². The Morgan fingerprint density at radius 2 is 1.61 bits per heavy atom. The molecule has 0 aliphatic rings.